The second-order valence-electron chi connectivity index (χ2n) is 7.87. The first-order valence-electron chi connectivity index (χ1n) is 8.92. The Bertz CT molecular complexity index is 616. The van der Waals surface area contributed by atoms with Gasteiger partial charge in [-0.3, -0.25) is 9.59 Å². The maximum Gasteiger partial charge on any atom is 0.309 e. The van der Waals surface area contributed by atoms with Crippen LogP contribution in [0.3, 0.4) is 0 Å². The van der Waals surface area contributed by atoms with Gasteiger partial charge in [-0.15, -0.1) is 0 Å². The molecule has 1 fully saturated rings. The van der Waals surface area contributed by atoms with Gasteiger partial charge in [-0.25, -0.2) is 4.39 Å². The molecule has 138 valence electrons. The van der Waals surface area contributed by atoms with E-state index in [1.807, 2.05) is 38.7 Å². The third kappa shape index (κ3) is 5.83. The molecule has 25 heavy (non-hydrogen) atoms. The van der Waals surface area contributed by atoms with Crippen molar-refractivity contribution in [1.82, 2.24) is 4.90 Å². The van der Waals surface area contributed by atoms with Crippen molar-refractivity contribution in [2.24, 2.45) is 11.8 Å². The minimum atomic E-state index is -0.483. The molecule has 1 aliphatic rings. The van der Waals surface area contributed by atoms with E-state index in [0.717, 1.165) is 5.56 Å². The number of carbonyl (C=O) groups is 2. The summed E-state index contributed by atoms with van der Waals surface area (Å²) in [4.78, 5) is 26.6. The van der Waals surface area contributed by atoms with Gasteiger partial charge in [0.15, 0.2) is 0 Å². The minimum Gasteiger partial charge on any atom is -0.460 e. The molecule has 4 nitrogen and oxygen atoms in total. The fourth-order valence-electron chi connectivity index (χ4n) is 3.14. The van der Waals surface area contributed by atoms with Crippen molar-refractivity contribution in [2.75, 3.05) is 13.1 Å². The van der Waals surface area contributed by atoms with Crippen LogP contribution in [0.1, 0.15) is 46.1 Å². The van der Waals surface area contributed by atoms with Crippen molar-refractivity contribution < 1.29 is 18.7 Å². The van der Waals surface area contributed by atoms with Crippen LogP contribution >= 0.6 is 0 Å². The van der Waals surface area contributed by atoms with Gasteiger partial charge in [0.05, 0.1) is 5.92 Å². The first-order valence-corrected chi connectivity index (χ1v) is 8.92. The Morgan fingerprint density at radius 1 is 1.28 bits per heavy atom. The Labute approximate surface area is 149 Å². The van der Waals surface area contributed by atoms with E-state index >= 15 is 0 Å². The Balaban J connectivity index is 1.85. The van der Waals surface area contributed by atoms with Crippen LogP contribution in [0.2, 0.25) is 0 Å². The molecule has 5 heteroatoms. The molecule has 0 saturated carbocycles. The molecule has 0 spiro atoms. The fourth-order valence-corrected chi connectivity index (χ4v) is 3.14. The van der Waals surface area contributed by atoms with E-state index in [4.69, 9.17) is 4.74 Å². The number of esters is 1. The Morgan fingerprint density at radius 2 is 1.92 bits per heavy atom. The van der Waals surface area contributed by atoms with Crippen LogP contribution in [0.15, 0.2) is 24.3 Å². The summed E-state index contributed by atoms with van der Waals surface area (Å²) in [5, 5.41) is 0. The average Bonchev–Trinajstić information content (AvgIpc) is 2.52. The van der Waals surface area contributed by atoms with E-state index < -0.39 is 5.60 Å². The first kappa shape index (κ1) is 19.4. The maximum absolute atomic E-state index is 13.3. The highest BCUT2D eigenvalue weighted by molar-refractivity contribution is 5.79. The SMILES string of the molecule is C[C@@H](Cc1cccc(F)c1)C(=O)N1CCC(C(=O)OC(C)(C)C)CC1. The lowest BCUT2D eigenvalue weighted by atomic mass is 9.94. The molecular weight excluding hydrogens is 321 g/mol. The number of nitrogens with zero attached hydrogens (tertiary/aromatic N) is 1. The molecule has 1 aromatic rings. The van der Waals surface area contributed by atoms with Crippen LogP contribution in [0.25, 0.3) is 0 Å². The number of rotatable bonds is 4. The molecule has 1 amide bonds. The number of carbonyl (C=O) groups excluding carboxylic acids is 2. The van der Waals surface area contributed by atoms with Gasteiger partial charge in [0.25, 0.3) is 0 Å². The predicted molar refractivity (Wildman–Crippen MR) is 94.4 cm³/mol. The molecule has 1 atom stereocenters. The zero-order chi connectivity index (χ0) is 18.6. The minimum absolute atomic E-state index is 0.0619. The average molecular weight is 349 g/mol. The lowest BCUT2D eigenvalue weighted by Gasteiger charge is -2.34. The summed E-state index contributed by atoms with van der Waals surface area (Å²) in [6.45, 7) is 8.58. The van der Waals surface area contributed by atoms with E-state index in [1.54, 1.807) is 6.07 Å². The molecule has 0 unspecified atom stereocenters. The molecule has 1 aromatic carbocycles. The largest absolute Gasteiger partial charge is 0.460 e. The number of ether oxygens (including phenoxy) is 1. The highest BCUT2D eigenvalue weighted by Gasteiger charge is 2.31. The highest BCUT2D eigenvalue weighted by Crippen LogP contribution is 2.23. The van der Waals surface area contributed by atoms with E-state index in [-0.39, 0.29) is 29.5 Å². The van der Waals surface area contributed by atoms with Crippen LogP contribution in [-0.4, -0.2) is 35.5 Å². The van der Waals surface area contributed by atoms with Crippen LogP contribution in [-0.2, 0) is 20.7 Å². The molecule has 1 saturated heterocycles. The van der Waals surface area contributed by atoms with Gasteiger partial charge in [-0.1, -0.05) is 19.1 Å². The number of hydrogen-bond donors (Lipinski definition) is 0. The van der Waals surface area contributed by atoms with E-state index in [0.29, 0.717) is 32.4 Å². The van der Waals surface area contributed by atoms with Crippen LogP contribution < -0.4 is 0 Å². The molecule has 0 bridgehead atoms. The maximum atomic E-state index is 13.3. The van der Waals surface area contributed by atoms with Crippen LogP contribution in [0.4, 0.5) is 4.39 Å². The molecule has 1 aliphatic heterocycles. The molecule has 2 rings (SSSR count). The van der Waals surface area contributed by atoms with E-state index in [9.17, 15) is 14.0 Å². The summed E-state index contributed by atoms with van der Waals surface area (Å²) in [6, 6.07) is 6.37. The van der Waals surface area contributed by atoms with E-state index in [2.05, 4.69) is 0 Å². The highest BCUT2D eigenvalue weighted by atomic mass is 19.1. The number of piperidine rings is 1. The van der Waals surface area contributed by atoms with Gasteiger partial charge in [0.1, 0.15) is 11.4 Å². The van der Waals surface area contributed by atoms with Gasteiger partial charge in [0, 0.05) is 19.0 Å². The van der Waals surface area contributed by atoms with E-state index in [1.165, 1.54) is 12.1 Å². The van der Waals surface area contributed by atoms with Crippen molar-refractivity contribution in [2.45, 2.75) is 52.6 Å². The molecule has 0 radical (unpaired) electrons. The number of likely N-dealkylation sites (tertiary alicyclic amines) is 1. The number of amides is 1. The summed E-state index contributed by atoms with van der Waals surface area (Å²) in [5.41, 5.74) is 0.341. The van der Waals surface area contributed by atoms with Gasteiger partial charge in [0.2, 0.25) is 5.91 Å². The Hall–Kier alpha value is -1.91. The van der Waals surface area contributed by atoms with Crippen molar-refractivity contribution in [3.8, 4) is 0 Å². The zero-order valence-corrected chi connectivity index (χ0v) is 15.5. The summed E-state index contributed by atoms with van der Waals surface area (Å²) in [5.74, 6) is -0.740. The lowest BCUT2D eigenvalue weighted by Crippen LogP contribution is -2.44. The topological polar surface area (TPSA) is 46.6 Å². The van der Waals surface area contributed by atoms with Gasteiger partial charge in [-0.2, -0.15) is 0 Å². The molecule has 1 heterocycles. The first-order chi connectivity index (χ1) is 11.7. The van der Waals surface area contributed by atoms with Crippen molar-refractivity contribution in [1.29, 1.82) is 0 Å². The number of hydrogen-bond acceptors (Lipinski definition) is 3. The van der Waals surface area contributed by atoms with Gasteiger partial charge in [-0.05, 0) is 57.7 Å². The third-order valence-electron chi connectivity index (χ3n) is 4.40. The third-order valence-corrected chi connectivity index (χ3v) is 4.40. The van der Waals surface area contributed by atoms with Gasteiger partial charge >= 0.3 is 5.97 Å². The van der Waals surface area contributed by atoms with Crippen molar-refractivity contribution in [3.05, 3.63) is 35.6 Å². The number of benzene rings is 1. The van der Waals surface area contributed by atoms with Crippen molar-refractivity contribution in [3.63, 3.8) is 0 Å². The summed E-state index contributed by atoms with van der Waals surface area (Å²) in [7, 11) is 0. The predicted octanol–water partition coefficient (Wildman–Crippen LogP) is 3.58. The lowest BCUT2D eigenvalue weighted by molar-refractivity contribution is -0.162. The smallest absolute Gasteiger partial charge is 0.309 e. The standard InChI is InChI=1S/C20H28FNO3/c1-14(12-15-6-5-7-17(21)13-15)18(23)22-10-8-16(9-11-22)19(24)25-20(2,3)4/h5-7,13-14,16H,8-12H2,1-4H3/t14-/m0/s1. The van der Waals surface area contributed by atoms with Crippen LogP contribution in [0.5, 0.6) is 0 Å². The second-order valence-corrected chi connectivity index (χ2v) is 7.87. The summed E-state index contributed by atoms with van der Waals surface area (Å²) >= 11 is 0. The molecule has 0 aliphatic carbocycles. The fraction of sp³-hybridized carbons (Fsp3) is 0.600. The molecular formula is C20H28FNO3. The molecule has 0 aromatic heterocycles. The Kier molecular flexibility index (Phi) is 6.20. The zero-order valence-electron chi connectivity index (χ0n) is 15.5. The normalized spacial score (nSPS) is 17.2. The monoisotopic (exact) mass is 349 g/mol. The van der Waals surface area contributed by atoms with Crippen molar-refractivity contribution >= 4 is 11.9 Å². The quantitative estimate of drug-likeness (QED) is 0.781. The Morgan fingerprint density at radius 3 is 2.48 bits per heavy atom. The summed E-state index contributed by atoms with van der Waals surface area (Å²) in [6.07, 6.45) is 1.78. The molecule has 0 N–H and O–H groups in total. The second kappa shape index (κ2) is 7.98. The number of halogens is 1. The van der Waals surface area contributed by atoms with Crippen LogP contribution in [0, 0.1) is 17.7 Å². The summed E-state index contributed by atoms with van der Waals surface area (Å²) < 4.78 is 18.7. The van der Waals surface area contributed by atoms with Gasteiger partial charge < -0.3 is 9.64 Å².